The molecule has 2 heterocycles. The third-order valence-corrected chi connectivity index (χ3v) is 6.76. The number of nitrogens with zero attached hydrogens (tertiary/aromatic N) is 2. The summed E-state index contributed by atoms with van der Waals surface area (Å²) in [6.07, 6.45) is -16.4. The van der Waals surface area contributed by atoms with Crippen molar-refractivity contribution in [1.29, 1.82) is 0 Å². The van der Waals surface area contributed by atoms with Crippen LogP contribution in [0.5, 0.6) is 0 Å². The number of hydrogen-bond donors (Lipinski definition) is 1. The second-order valence-corrected chi connectivity index (χ2v) is 9.45. The number of rotatable bonds is 3. The Kier molecular flexibility index (Phi) is 6.24. The van der Waals surface area contributed by atoms with E-state index in [0.29, 0.717) is 12.1 Å². The number of benzene rings is 2. The van der Waals surface area contributed by atoms with Crippen LogP contribution in [0, 0.1) is 0 Å². The lowest BCUT2D eigenvalue weighted by Crippen LogP contribution is -2.50. The van der Waals surface area contributed by atoms with Crippen LogP contribution in [-0.2, 0) is 21.9 Å². The van der Waals surface area contributed by atoms with E-state index < -0.39 is 61.8 Å². The third kappa shape index (κ3) is 4.56. The second kappa shape index (κ2) is 8.68. The van der Waals surface area contributed by atoms with Crippen molar-refractivity contribution >= 4 is 21.5 Å². The zero-order chi connectivity index (χ0) is 28.3. The van der Waals surface area contributed by atoms with E-state index >= 15 is 0 Å². The van der Waals surface area contributed by atoms with Gasteiger partial charge in [0.1, 0.15) is 4.90 Å². The number of aromatic nitrogens is 1. The quantitative estimate of drug-likeness (QED) is 0.359. The number of alkyl halides is 10. The van der Waals surface area contributed by atoms with Gasteiger partial charge in [-0.3, -0.25) is 4.98 Å². The van der Waals surface area contributed by atoms with E-state index in [0.717, 1.165) is 36.5 Å². The maximum Gasteiger partial charge on any atom is 0.435 e. The molecule has 1 aliphatic rings. The molecule has 0 aliphatic carbocycles. The molecule has 0 fully saturated rings. The summed E-state index contributed by atoms with van der Waals surface area (Å²) < 4.78 is 161. The topological polar surface area (TPSA) is 71.4 Å². The van der Waals surface area contributed by atoms with E-state index in [4.69, 9.17) is 0 Å². The Morgan fingerprint density at radius 1 is 0.763 bits per heavy atom. The first-order valence-corrected chi connectivity index (χ1v) is 11.5. The van der Waals surface area contributed by atoms with Gasteiger partial charge in [0.15, 0.2) is 5.84 Å². The predicted octanol–water partition coefficient (Wildman–Crippen LogP) is 6.62. The fraction of sp³-hybridized carbons (Fsp3) is 0.182. The predicted molar refractivity (Wildman–Crippen MR) is 113 cm³/mol. The van der Waals surface area contributed by atoms with Crippen LogP contribution < -0.4 is 5.32 Å². The zero-order valence-corrected chi connectivity index (χ0v) is 19.0. The van der Waals surface area contributed by atoms with Gasteiger partial charge in [0, 0.05) is 28.6 Å². The van der Waals surface area contributed by atoms with E-state index in [1.165, 1.54) is 0 Å². The monoisotopic (exact) mass is 571 g/mol. The second-order valence-electron chi connectivity index (χ2n) is 7.88. The van der Waals surface area contributed by atoms with E-state index in [-0.39, 0.29) is 28.9 Å². The van der Waals surface area contributed by atoms with Crippen LogP contribution in [0.4, 0.5) is 49.6 Å². The highest BCUT2D eigenvalue weighted by atomic mass is 32.2. The lowest BCUT2D eigenvalue weighted by molar-refractivity contribution is -0.348. The van der Waals surface area contributed by atoms with Crippen molar-refractivity contribution in [3.05, 3.63) is 77.5 Å². The SMILES string of the molecule is O=S1(=O)N=C(Nc2ccc(C(F)(C(F)(F)F)C(F)(F)F)cc2)c2ccc(-c3ncccc3C(F)(F)F)cc21. The minimum Gasteiger partial charge on any atom is -0.339 e. The molecular formula is C22H11F10N3O2S. The van der Waals surface area contributed by atoms with Crippen molar-refractivity contribution < 1.29 is 52.3 Å². The number of sulfonamides is 1. The molecule has 0 saturated heterocycles. The molecule has 2 aromatic carbocycles. The molecule has 3 aromatic rings. The number of halogens is 10. The first-order chi connectivity index (χ1) is 17.4. The fourth-order valence-corrected chi connectivity index (χ4v) is 4.86. The van der Waals surface area contributed by atoms with E-state index in [1.54, 1.807) is 0 Å². The molecular weight excluding hydrogens is 560 g/mol. The highest BCUT2D eigenvalue weighted by Crippen LogP contribution is 2.53. The van der Waals surface area contributed by atoms with Crippen LogP contribution in [-0.4, -0.2) is 31.6 Å². The molecule has 0 unspecified atom stereocenters. The molecule has 1 aliphatic heterocycles. The van der Waals surface area contributed by atoms with Gasteiger partial charge in [-0.05, 0) is 36.4 Å². The molecule has 0 saturated carbocycles. The van der Waals surface area contributed by atoms with Crippen molar-refractivity contribution in [3.8, 4) is 11.3 Å². The van der Waals surface area contributed by atoms with E-state index in [2.05, 4.69) is 14.7 Å². The molecule has 0 spiro atoms. The van der Waals surface area contributed by atoms with Gasteiger partial charge in [0.05, 0.1) is 11.3 Å². The summed E-state index contributed by atoms with van der Waals surface area (Å²) in [5.41, 5.74) is -9.71. The van der Waals surface area contributed by atoms with Gasteiger partial charge in [0.25, 0.3) is 10.0 Å². The molecule has 0 amide bonds. The number of amidine groups is 1. The summed E-state index contributed by atoms with van der Waals surface area (Å²) >= 11 is 0. The molecule has 38 heavy (non-hydrogen) atoms. The summed E-state index contributed by atoms with van der Waals surface area (Å²) in [6.45, 7) is 0. The van der Waals surface area contributed by atoms with Crippen LogP contribution >= 0.6 is 0 Å². The summed E-state index contributed by atoms with van der Waals surface area (Å²) in [4.78, 5) is 3.16. The Hall–Kier alpha value is -3.69. The Bertz CT molecular complexity index is 1510. The highest BCUT2D eigenvalue weighted by Gasteiger charge is 2.73. The van der Waals surface area contributed by atoms with Gasteiger partial charge in [-0.2, -0.15) is 47.9 Å². The number of hydrogen-bond acceptors (Lipinski definition) is 4. The van der Waals surface area contributed by atoms with Crippen LogP contribution in [0.15, 0.2) is 70.1 Å². The summed E-state index contributed by atoms with van der Waals surface area (Å²) in [5.74, 6) is -0.422. The Balaban J connectivity index is 1.68. The summed E-state index contributed by atoms with van der Waals surface area (Å²) in [7, 11) is -4.46. The van der Waals surface area contributed by atoms with E-state index in [9.17, 15) is 52.3 Å². The summed E-state index contributed by atoms with van der Waals surface area (Å²) in [5, 5.41) is 2.39. The lowest BCUT2D eigenvalue weighted by Gasteiger charge is -2.30. The average molecular weight is 571 g/mol. The van der Waals surface area contributed by atoms with Crippen molar-refractivity contribution in [2.24, 2.45) is 4.40 Å². The van der Waals surface area contributed by atoms with Gasteiger partial charge in [0.2, 0.25) is 0 Å². The van der Waals surface area contributed by atoms with Crippen LogP contribution in [0.25, 0.3) is 11.3 Å². The molecule has 1 N–H and O–H groups in total. The maximum atomic E-state index is 14.2. The summed E-state index contributed by atoms with van der Waals surface area (Å²) in [6, 6.07) is 6.65. The molecule has 202 valence electrons. The van der Waals surface area contributed by atoms with Crippen LogP contribution in [0.3, 0.4) is 0 Å². The van der Waals surface area contributed by atoms with Gasteiger partial charge in [-0.1, -0.05) is 18.2 Å². The Morgan fingerprint density at radius 3 is 1.92 bits per heavy atom. The number of fused-ring (bicyclic) bond motifs is 1. The van der Waals surface area contributed by atoms with E-state index in [1.807, 2.05) is 0 Å². The van der Waals surface area contributed by atoms with Crippen molar-refractivity contribution in [2.45, 2.75) is 29.1 Å². The first kappa shape index (κ1) is 27.3. The molecule has 0 atom stereocenters. The molecule has 16 heteroatoms. The third-order valence-electron chi connectivity index (χ3n) is 5.44. The minimum absolute atomic E-state index is 0.146. The van der Waals surface area contributed by atoms with Gasteiger partial charge in [-0.15, -0.1) is 4.40 Å². The number of pyridine rings is 1. The van der Waals surface area contributed by atoms with Crippen molar-refractivity contribution in [3.63, 3.8) is 0 Å². The number of nitrogens with one attached hydrogen (secondary N) is 1. The standard InChI is InChI=1S/C22H11F10N3O2S/c23-19(21(27,28)29,22(30,31)32)12-4-6-13(7-5-12)34-18-14-8-3-11(10-16(14)38(36,37)35-18)17-15(20(24,25)26)2-1-9-33-17/h1-10H,(H,34,35). The minimum atomic E-state index is -6.32. The average Bonchev–Trinajstić information content (AvgIpc) is 3.06. The fourth-order valence-electron chi connectivity index (χ4n) is 3.66. The Labute approximate surface area is 206 Å². The van der Waals surface area contributed by atoms with Crippen LogP contribution in [0.2, 0.25) is 0 Å². The number of anilines is 1. The van der Waals surface area contributed by atoms with Gasteiger partial charge in [-0.25, -0.2) is 4.39 Å². The Morgan fingerprint density at radius 2 is 1.37 bits per heavy atom. The molecule has 1 aromatic heterocycles. The van der Waals surface area contributed by atoms with Crippen LogP contribution in [0.1, 0.15) is 16.7 Å². The lowest BCUT2D eigenvalue weighted by atomic mass is 9.94. The smallest absolute Gasteiger partial charge is 0.339 e. The molecule has 4 rings (SSSR count). The molecule has 5 nitrogen and oxygen atoms in total. The first-order valence-electron chi connectivity index (χ1n) is 10.1. The highest BCUT2D eigenvalue weighted by molar-refractivity contribution is 7.90. The largest absolute Gasteiger partial charge is 0.435 e. The van der Waals surface area contributed by atoms with Crippen molar-refractivity contribution in [2.75, 3.05) is 5.32 Å². The van der Waals surface area contributed by atoms with Gasteiger partial charge >= 0.3 is 24.2 Å². The molecule has 0 bridgehead atoms. The van der Waals surface area contributed by atoms with Crippen molar-refractivity contribution in [1.82, 2.24) is 4.98 Å². The molecule has 0 radical (unpaired) electrons. The zero-order valence-electron chi connectivity index (χ0n) is 18.2. The van der Waals surface area contributed by atoms with Gasteiger partial charge < -0.3 is 5.32 Å². The maximum absolute atomic E-state index is 14.2. The normalized spacial score (nSPS) is 15.7.